The highest BCUT2D eigenvalue weighted by atomic mass is 27.0. The maximum atomic E-state index is 1.63. The number of hydrogen-bond acceptors (Lipinski definition) is 0. The summed E-state index contributed by atoms with van der Waals surface area (Å²) in [6, 6.07) is 0. The molecule has 0 radical (unpaired) electrons. The molecule has 0 heterocycles. The zero-order valence-corrected chi connectivity index (χ0v) is 9.42. The van der Waals surface area contributed by atoms with Gasteiger partial charge in [0, 0.05) is 0 Å². The lowest BCUT2D eigenvalue weighted by atomic mass is 9.56. The van der Waals surface area contributed by atoms with Gasteiger partial charge in [-0.25, -0.2) is 0 Å². The highest BCUT2D eigenvalue weighted by molar-refractivity contribution is 6.12. The lowest BCUT2D eigenvalue weighted by Crippen LogP contribution is -2.42. The van der Waals surface area contributed by atoms with E-state index in [1.54, 1.807) is 32.1 Å². The Labute approximate surface area is 77.2 Å². The van der Waals surface area contributed by atoms with Gasteiger partial charge in [-0.1, -0.05) is 16.6 Å². The summed E-state index contributed by atoms with van der Waals surface area (Å²) >= 11 is 1.49. The summed E-state index contributed by atoms with van der Waals surface area (Å²) in [5, 5.41) is 0. The first-order valence-electron chi connectivity index (χ1n) is 5.33. The van der Waals surface area contributed by atoms with E-state index < -0.39 is 0 Å². The van der Waals surface area contributed by atoms with Crippen molar-refractivity contribution < 1.29 is 0 Å². The number of hydrogen-bond donors (Lipinski definition) is 0. The predicted octanol–water partition coefficient (Wildman–Crippen LogP) is 1.86. The van der Waals surface area contributed by atoms with Crippen LogP contribution < -0.4 is 0 Å². The largest absolute Gasteiger partial charge is 0.217 e. The van der Waals surface area contributed by atoms with Crippen molar-refractivity contribution in [2.45, 2.75) is 36.9 Å². The van der Waals surface area contributed by atoms with E-state index in [1.165, 1.54) is 44.7 Å². The third-order valence-electron chi connectivity index (χ3n) is 4.70. The fraction of sp³-hybridized carbons (Fsp3) is 1.00. The molecular formula is C10H17Al. The predicted molar refractivity (Wildman–Crippen MR) is 49.3 cm³/mol. The van der Waals surface area contributed by atoms with E-state index >= 15 is 0 Å². The molecule has 4 aliphatic carbocycles. The lowest BCUT2D eigenvalue weighted by molar-refractivity contribution is 0.0211. The van der Waals surface area contributed by atoms with E-state index in [2.05, 4.69) is 0 Å². The van der Waals surface area contributed by atoms with Gasteiger partial charge in [0.1, 0.15) is 0 Å². The van der Waals surface area contributed by atoms with Gasteiger partial charge in [0.15, 0.2) is 0 Å². The Morgan fingerprint density at radius 3 is 1.64 bits per heavy atom. The van der Waals surface area contributed by atoms with Crippen LogP contribution in [-0.4, -0.2) is 16.3 Å². The molecule has 0 unspecified atom stereocenters. The first-order chi connectivity index (χ1) is 5.33. The second-order valence-corrected chi connectivity index (χ2v) is 6.62. The van der Waals surface area contributed by atoms with E-state index in [9.17, 15) is 0 Å². The Morgan fingerprint density at radius 2 is 1.18 bits per heavy atom. The molecule has 0 saturated heterocycles. The molecule has 0 aromatic rings. The topological polar surface area (TPSA) is 0 Å². The molecule has 0 atom stereocenters. The van der Waals surface area contributed by atoms with Gasteiger partial charge >= 0.3 is 0 Å². The van der Waals surface area contributed by atoms with Gasteiger partial charge in [0.2, 0.25) is 16.3 Å². The van der Waals surface area contributed by atoms with Crippen molar-refractivity contribution in [3.8, 4) is 0 Å². The summed E-state index contributed by atoms with van der Waals surface area (Å²) in [6.45, 7) is 0. The molecule has 0 aromatic carbocycles. The Morgan fingerprint density at radius 1 is 0.727 bits per heavy atom. The maximum absolute atomic E-state index is 1.63. The van der Waals surface area contributed by atoms with Gasteiger partial charge in [-0.05, 0) is 43.9 Å². The van der Waals surface area contributed by atoms with Crippen LogP contribution in [0, 0.1) is 23.7 Å². The zero-order chi connectivity index (χ0) is 7.42. The molecule has 0 aromatic heterocycles. The van der Waals surface area contributed by atoms with Crippen LogP contribution in [0.15, 0.2) is 0 Å². The lowest BCUT2D eigenvalue weighted by Gasteiger charge is -2.54. The van der Waals surface area contributed by atoms with Gasteiger partial charge in [-0.2, -0.15) is 0 Å². The third-order valence-corrected chi connectivity index (χ3v) is 6.58. The molecule has 60 valence electrons. The van der Waals surface area contributed by atoms with Crippen molar-refractivity contribution in [1.29, 1.82) is 0 Å². The minimum Gasteiger partial charge on any atom is -0.0847 e. The van der Waals surface area contributed by atoms with Crippen LogP contribution in [0.1, 0.15) is 32.1 Å². The monoisotopic (exact) mass is 164 g/mol. The van der Waals surface area contributed by atoms with Gasteiger partial charge in [0.05, 0.1) is 0 Å². The summed E-state index contributed by atoms with van der Waals surface area (Å²) in [7, 11) is 0. The molecule has 1 heteroatoms. The molecule has 11 heavy (non-hydrogen) atoms. The van der Waals surface area contributed by atoms with Gasteiger partial charge in [0.25, 0.3) is 0 Å². The molecule has 0 amide bonds. The van der Waals surface area contributed by atoms with Crippen molar-refractivity contribution in [2.24, 2.45) is 23.7 Å². The summed E-state index contributed by atoms with van der Waals surface area (Å²) in [6.07, 6.45) is 8.12. The molecule has 0 aliphatic heterocycles. The molecule has 0 spiro atoms. The second kappa shape index (κ2) is 2.27. The Bertz CT molecular complexity index is 148. The quantitative estimate of drug-likeness (QED) is 0.479. The average molecular weight is 164 g/mol. The molecular weight excluding hydrogens is 147 g/mol. The fourth-order valence-electron chi connectivity index (χ4n) is 4.20. The number of rotatable bonds is 0. The van der Waals surface area contributed by atoms with Crippen molar-refractivity contribution in [1.82, 2.24) is 0 Å². The van der Waals surface area contributed by atoms with E-state index in [0.717, 1.165) is 0 Å². The minimum atomic E-state index is 1.18. The van der Waals surface area contributed by atoms with E-state index in [0.29, 0.717) is 0 Å². The Hall–Kier alpha value is 0.532. The average Bonchev–Trinajstić information content (AvgIpc) is 1.98. The highest BCUT2D eigenvalue weighted by Gasteiger charge is 2.45. The summed E-state index contributed by atoms with van der Waals surface area (Å²) < 4.78 is 1.22. The summed E-state index contributed by atoms with van der Waals surface area (Å²) in [5.74, 6) is 4.78. The van der Waals surface area contributed by atoms with Crippen LogP contribution in [0.3, 0.4) is 0 Å². The zero-order valence-electron chi connectivity index (χ0n) is 7.42. The van der Waals surface area contributed by atoms with Crippen LogP contribution in [0.4, 0.5) is 0 Å². The van der Waals surface area contributed by atoms with Crippen LogP contribution in [0.2, 0.25) is 4.78 Å². The molecule has 4 rings (SSSR count). The Balaban J connectivity index is 1.91. The summed E-state index contributed by atoms with van der Waals surface area (Å²) in [4.78, 5) is 0. The van der Waals surface area contributed by atoms with Crippen molar-refractivity contribution >= 4 is 16.3 Å². The molecule has 4 fully saturated rings. The molecule has 0 nitrogen and oxygen atoms in total. The van der Waals surface area contributed by atoms with Crippen LogP contribution in [-0.2, 0) is 0 Å². The smallest absolute Gasteiger partial charge is 0.0847 e. The van der Waals surface area contributed by atoms with Crippen molar-refractivity contribution in [3.63, 3.8) is 0 Å². The SMILES string of the molecule is [AlH2][CH]1C2CC3CC(C2)CC1C3. The summed E-state index contributed by atoms with van der Waals surface area (Å²) in [5.41, 5.74) is 0. The highest BCUT2D eigenvalue weighted by Crippen LogP contribution is 2.57. The maximum Gasteiger partial charge on any atom is 0.217 e. The van der Waals surface area contributed by atoms with E-state index in [-0.39, 0.29) is 0 Å². The van der Waals surface area contributed by atoms with Gasteiger partial charge in [-0.15, -0.1) is 0 Å². The van der Waals surface area contributed by atoms with Crippen molar-refractivity contribution in [2.75, 3.05) is 0 Å². The third kappa shape index (κ3) is 0.942. The molecule has 4 aliphatic rings. The molecule has 4 bridgehead atoms. The first kappa shape index (κ1) is 6.99. The normalized spacial score (nSPS) is 60.2. The van der Waals surface area contributed by atoms with Crippen LogP contribution in [0.25, 0.3) is 0 Å². The van der Waals surface area contributed by atoms with Gasteiger partial charge in [-0.3, -0.25) is 0 Å². The Kier molecular flexibility index (Phi) is 1.44. The first-order valence-corrected chi connectivity index (χ1v) is 6.48. The standard InChI is InChI=1S/C10H15.Al.2H/c1-7-2-9-4-8(1)5-10(3-7)6-9;;;/h1,7-10H,2-6H2;;;. The molecule has 0 N–H and O–H groups in total. The van der Waals surface area contributed by atoms with Crippen LogP contribution in [0.5, 0.6) is 0 Å². The van der Waals surface area contributed by atoms with Crippen LogP contribution >= 0.6 is 0 Å². The van der Waals surface area contributed by atoms with E-state index in [1.807, 2.05) is 0 Å². The fourth-order valence-corrected chi connectivity index (χ4v) is 5.29. The second-order valence-electron chi connectivity index (χ2n) is 5.29. The van der Waals surface area contributed by atoms with Crippen molar-refractivity contribution in [3.05, 3.63) is 0 Å². The molecule has 4 saturated carbocycles. The minimum absolute atomic E-state index is 1.18. The van der Waals surface area contributed by atoms with Gasteiger partial charge < -0.3 is 0 Å². The van der Waals surface area contributed by atoms with E-state index in [4.69, 9.17) is 0 Å².